The molecule has 1 amide bonds. The van der Waals surface area contributed by atoms with Crippen LogP contribution in [-0.2, 0) is 11.2 Å². The molecule has 0 bridgehead atoms. The van der Waals surface area contributed by atoms with Gasteiger partial charge in [-0.25, -0.2) is 0 Å². The zero-order valence-corrected chi connectivity index (χ0v) is 15.2. The van der Waals surface area contributed by atoms with E-state index in [9.17, 15) is 4.79 Å². The molecule has 0 spiro atoms. The predicted octanol–water partition coefficient (Wildman–Crippen LogP) is 1.88. The molecule has 0 saturated carbocycles. The predicted molar refractivity (Wildman–Crippen MR) is 97.2 cm³/mol. The van der Waals surface area contributed by atoms with Gasteiger partial charge in [0.15, 0.2) is 0 Å². The summed E-state index contributed by atoms with van der Waals surface area (Å²) in [5.41, 5.74) is 1.04. The summed E-state index contributed by atoms with van der Waals surface area (Å²) >= 11 is 1.90. The SMILES string of the molecule is COc1ccc(OC)c(CCNC(=O)CC2CSCCN2)c1.Cl. The first-order valence-electron chi connectivity index (χ1n) is 7.51. The van der Waals surface area contributed by atoms with Crippen LogP contribution >= 0.6 is 24.2 Å². The van der Waals surface area contributed by atoms with Crippen molar-refractivity contribution in [3.63, 3.8) is 0 Å². The molecule has 5 nitrogen and oxygen atoms in total. The molecule has 1 saturated heterocycles. The highest BCUT2D eigenvalue weighted by molar-refractivity contribution is 7.99. The van der Waals surface area contributed by atoms with Crippen LogP contribution in [0.15, 0.2) is 18.2 Å². The van der Waals surface area contributed by atoms with Crippen molar-refractivity contribution in [3.8, 4) is 11.5 Å². The quantitative estimate of drug-likeness (QED) is 0.777. The standard InChI is InChI=1S/C16H24N2O3S.ClH/c1-20-14-3-4-15(21-2)12(9-14)5-6-18-16(19)10-13-11-22-8-7-17-13;/h3-4,9,13,17H,5-8,10-11H2,1-2H3,(H,18,19);1H. The second-order valence-corrected chi connectivity index (χ2v) is 6.36. The van der Waals surface area contributed by atoms with E-state index >= 15 is 0 Å². The van der Waals surface area contributed by atoms with Gasteiger partial charge in [0.2, 0.25) is 5.91 Å². The number of halogens is 1. The third-order valence-electron chi connectivity index (χ3n) is 3.63. The highest BCUT2D eigenvalue weighted by Crippen LogP contribution is 2.24. The number of thioether (sulfide) groups is 1. The van der Waals surface area contributed by atoms with Crippen LogP contribution in [0.25, 0.3) is 0 Å². The molecule has 1 heterocycles. The van der Waals surface area contributed by atoms with Crippen LogP contribution in [0.2, 0.25) is 0 Å². The lowest BCUT2D eigenvalue weighted by molar-refractivity contribution is -0.121. The van der Waals surface area contributed by atoms with E-state index in [1.807, 2.05) is 30.0 Å². The third kappa shape index (κ3) is 6.49. The van der Waals surface area contributed by atoms with Crippen LogP contribution in [0.5, 0.6) is 11.5 Å². The summed E-state index contributed by atoms with van der Waals surface area (Å²) in [5, 5.41) is 6.36. The summed E-state index contributed by atoms with van der Waals surface area (Å²) in [4.78, 5) is 12.0. The molecule has 7 heteroatoms. The van der Waals surface area contributed by atoms with E-state index in [-0.39, 0.29) is 18.3 Å². The molecule has 1 aromatic carbocycles. The average Bonchev–Trinajstić information content (AvgIpc) is 2.55. The fourth-order valence-electron chi connectivity index (χ4n) is 2.46. The largest absolute Gasteiger partial charge is 0.497 e. The van der Waals surface area contributed by atoms with Crippen LogP contribution < -0.4 is 20.1 Å². The summed E-state index contributed by atoms with van der Waals surface area (Å²) in [6, 6.07) is 6.00. The minimum Gasteiger partial charge on any atom is -0.497 e. The van der Waals surface area contributed by atoms with Crippen molar-refractivity contribution in [1.29, 1.82) is 0 Å². The van der Waals surface area contributed by atoms with Gasteiger partial charge in [-0.15, -0.1) is 12.4 Å². The van der Waals surface area contributed by atoms with Crippen LogP contribution in [0, 0.1) is 0 Å². The van der Waals surface area contributed by atoms with Gasteiger partial charge in [0.1, 0.15) is 11.5 Å². The number of carbonyl (C=O) groups excluding carboxylic acids is 1. The second kappa shape index (κ2) is 10.6. The van der Waals surface area contributed by atoms with Crippen molar-refractivity contribution in [2.24, 2.45) is 0 Å². The van der Waals surface area contributed by atoms with Gasteiger partial charge >= 0.3 is 0 Å². The summed E-state index contributed by atoms with van der Waals surface area (Å²) < 4.78 is 10.6. The number of rotatable bonds is 7. The molecule has 2 rings (SSSR count). The van der Waals surface area contributed by atoms with Gasteiger partial charge in [-0.05, 0) is 30.2 Å². The minimum absolute atomic E-state index is 0. The van der Waals surface area contributed by atoms with Gasteiger partial charge in [-0.2, -0.15) is 11.8 Å². The Balaban J connectivity index is 0.00000264. The third-order valence-corrected chi connectivity index (χ3v) is 4.77. The molecule has 1 aromatic rings. The van der Waals surface area contributed by atoms with Crippen LogP contribution in [-0.4, -0.2) is 50.8 Å². The average molecular weight is 361 g/mol. The van der Waals surface area contributed by atoms with Gasteiger partial charge < -0.3 is 20.1 Å². The lowest BCUT2D eigenvalue weighted by Gasteiger charge is -2.22. The van der Waals surface area contributed by atoms with E-state index in [1.165, 1.54) is 0 Å². The van der Waals surface area contributed by atoms with Gasteiger partial charge in [-0.3, -0.25) is 4.79 Å². The summed E-state index contributed by atoms with van der Waals surface area (Å²) in [7, 11) is 3.29. The normalized spacial score (nSPS) is 17.0. The summed E-state index contributed by atoms with van der Waals surface area (Å²) in [6.45, 7) is 1.59. The number of ether oxygens (including phenoxy) is 2. The Labute approximate surface area is 148 Å². The number of nitrogens with one attached hydrogen (secondary N) is 2. The smallest absolute Gasteiger partial charge is 0.221 e. The van der Waals surface area contributed by atoms with Crippen molar-refractivity contribution in [1.82, 2.24) is 10.6 Å². The van der Waals surface area contributed by atoms with E-state index in [4.69, 9.17) is 9.47 Å². The molecule has 1 aliphatic heterocycles. The lowest BCUT2D eigenvalue weighted by atomic mass is 10.1. The van der Waals surface area contributed by atoms with Gasteiger partial charge in [-0.1, -0.05) is 0 Å². The molecule has 2 N–H and O–H groups in total. The fraction of sp³-hybridized carbons (Fsp3) is 0.562. The molecule has 1 unspecified atom stereocenters. The molecule has 1 atom stereocenters. The Morgan fingerprint density at radius 3 is 2.87 bits per heavy atom. The van der Waals surface area contributed by atoms with Gasteiger partial charge in [0.25, 0.3) is 0 Å². The Kier molecular flexibility index (Phi) is 9.21. The number of hydrogen-bond acceptors (Lipinski definition) is 5. The maximum absolute atomic E-state index is 12.0. The fourth-order valence-corrected chi connectivity index (χ4v) is 3.41. The van der Waals surface area contributed by atoms with Crippen molar-refractivity contribution in [2.75, 3.05) is 38.8 Å². The molecule has 130 valence electrons. The molecule has 0 radical (unpaired) electrons. The van der Waals surface area contributed by atoms with Gasteiger partial charge in [0.05, 0.1) is 14.2 Å². The summed E-state index contributed by atoms with van der Waals surface area (Å²) in [6.07, 6.45) is 1.27. The highest BCUT2D eigenvalue weighted by atomic mass is 35.5. The molecule has 1 fully saturated rings. The zero-order chi connectivity index (χ0) is 15.8. The van der Waals surface area contributed by atoms with E-state index in [0.29, 0.717) is 19.0 Å². The Bertz CT molecular complexity index is 496. The van der Waals surface area contributed by atoms with Crippen molar-refractivity contribution < 1.29 is 14.3 Å². The monoisotopic (exact) mass is 360 g/mol. The zero-order valence-electron chi connectivity index (χ0n) is 13.6. The maximum atomic E-state index is 12.0. The van der Waals surface area contributed by atoms with Crippen LogP contribution in [0.1, 0.15) is 12.0 Å². The number of carbonyl (C=O) groups is 1. The molecule has 23 heavy (non-hydrogen) atoms. The number of benzene rings is 1. The molecular formula is C16H25ClN2O3S. The van der Waals surface area contributed by atoms with Crippen molar-refractivity contribution in [2.45, 2.75) is 18.9 Å². The maximum Gasteiger partial charge on any atom is 0.221 e. The van der Waals surface area contributed by atoms with Crippen LogP contribution in [0.4, 0.5) is 0 Å². The van der Waals surface area contributed by atoms with Crippen LogP contribution in [0.3, 0.4) is 0 Å². The van der Waals surface area contributed by atoms with E-state index < -0.39 is 0 Å². The Morgan fingerprint density at radius 2 is 2.22 bits per heavy atom. The second-order valence-electron chi connectivity index (χ2n) is 5.21. The molecule has 1 aliphatic rings. The molecular weight excluding hydrogens is 336 g/mol. The van der Waals surface area contributed by atoms with E-state index in [1.54, 1.807) is 14.2 Å². The first-order valence-corrected chi connectivity index (χ1v) is 8.67. The first-order chi connectivity index (χ1) is 10.7. The first kappa shape index (κ1) is 19.9. The number of amides is 1. The summed E-state index contributed by atoms with van der Waals surface area (Å²) in [5.74, 6) is 3.86. The topological polar surface area (TPSA) is 59.6 Å². The van der Waals surface area contributed by atoms with Crippen molar-refractivity contribution in [3.05, 3.63) is 23.8 Å². The van der Waals surface area contributed by atoms with E-state index in [2.05, 4.69) is 10.6 Å². The van der Waals surface area contributed by atoms with Crippen molar-refractivity contribution >= 4 is 30.1 Å². The Morgan fingerprint density at radius 1 is 1.39 bits per heavy atom. The Hall–Kier alpha value is -1.11. The number of methoxy groups -OCH3 is 2. The highest BCUT2D eigenvalue weighted by Gasteiger charge is 2.16. The number of hydrogen-bond donors (Lipinski definition) is 2. The minimum atomic E-state index is 0. The molecule has 0 aromatic heterocycles. The van der Waals surface area contributed by atoms with Gasteiger partial charge in [0, 0.05) is 37.1 Å². The van der Waals surface area contributed by atoms with E-state index in [0.717, 1.165) is 41.5 Å². The lowest BCUT2D eigenvalue weighted by Crippen LogP contribution is -2.41. The molecule has 0 aliphatic carbocycles.